The highest BCUT2D eigenvalue weighted by Crippen LogP contribution is 2.44. The SMILES string of the molecule is CC1=NN(CCCS(=O)(=O)O)\C(=C/C=C/C=C/C2=[N+](CCCCCC(=O)NCCN(C)C)c3ccccc3C2(C)CCCS(=O)(=O)O)C1(C)CCCS(=O)(=O)O. The third-order valence-corrected chi connectivity index (χ3v) is 12.8. The van der Waals surface area contributed by atoms with Crippen LogP contribution in [0.3, 0.4) is 0 Å². The van der Waals surface area contributed by atoms with Gasteiger partial charge in [0.05, 0.1) is 22.7 Å². The summed E-state index contributed by atoms with van der Waals surface area (Å²) in [5.74, 6) is -1.20. The van der Waals surface area contributed by atoms with Gasteiger partial charge in [-0.3, -0.25) is 23.5 Å². The second-order valence-electron chi connectivity index (χ2n) is 15.2. The first-order valence-corrected chi connectivity index (χ1v) is 23.8. The molecule has 0 spiro atoms. The zero-order valence-corrected chi connectivity index (χ0v) is 35.7. The second-order valence-corrected chi connectivity index (χ2v) is 19.9. The van der Waals surface area contributed by atoms with Gasteiger partial charge in [-0.25, -0.2) is 0 Å². The van der Waals surface area contributed by atoms with Crippen LogP contribution >= 0.6 is 0 Å². The van der Waals surface area contributed by atoms with Crippen LogP contribution in [-0.4, -0.2) is 128 Å². The lowest BCUT2D eigenvalue weighted by molar-refractivity contribution is -0.438. The van der Waals surface area contributed by atoms with E-state index in [0.29, 0.717) is 43.8 Å². The number of allylic oxidation sites excluding steroid dienone is 6. The number of likely N-dealkylation sites (N-methyl/N-ethyl adjacent to an activating group) is 1. The molecule has 18 heteroatoms. The molecule has 2 aliphatic rings. The van der Waals surface area contributed by atoms with Crippen LogP contribution in [0.4, 0.5) is 5.69 Å². The van der Waals surface area contributed by atoms with E-state index >= 15 is 0 Å². The molecule has 1 aromatic carbocycles. The van der Waals surface area contributed by atoms with E-state index in [1.165, 1.54) is 0 Å². The van der Waals surface area contributed by atoms with Gasteiger partial charge in [0.1, 0.15) is 6.54 Å². The molecule has 0 bridgehead atoms. The number of carbonyl (C=O) groups is 1. The molecule has 0 aliphatic carbocycles. The molecule has 2 heterocycles. The van der Waals surface area contributed by atoms with Gasteiger partial charge in [-0.15, -0.1) is 0 Å². The van der Waals surface area contributed by atoms with E-state index in [4.69, 9.17) is 0 Å². The minimum atomic E-state index is -4.18. The Kier molecular flexibility index (Phi) is 17.2. The van der Waals surface area contributed by atoms with Crippen molar-refractivity contribution in [3.63, 3.8) is 0 Å². The Morgan fingerprint density at radius 2 is 1.45 bits per heavy atom. The summed E-state index contributed by atoms with van der Waals surface area (Å²) in [4.78, 5) is 14.3. The summed E-state index contributed by atoms with van der Waals surface area (Å²) in [5.41, 5.74) is 3.10. The summed E-state index contributed by atoms with van der Waals surface area (Å²) in [5, 5.41) is 9.24. The molecule has 0 saturated heterocycles. The predicted molar refractivity (Wildman–Crippen MR) is 220 cm³/mol. The fourth-order valence-corrected chi connectivity index (χ4v) is 8.81. The van der Waals surface area contributed by atoms with Crippen molar-refractivity contribution < 1.29 is 48.3 Å². The van der Waals surface area contributed by atoms with Crippen LogP contribution in [-0.2, 0) is 40.6 Å². The van der Waals surface area contributed by atoms with Gasteiger partial charge in [0, 0.05) is 67.0 Å². The largest absolute Gasteiger partial charge is 0.355 e. The molecule has 0 radical (unpaired) electrons. The lowest BCUT2D eigenvalue weighted by Crippen LogP contribution is -2.32. The Morgan fingerprint density at radius 3 is 2.07 bits per heavy atom. The fraction of sp³-hybridized carbons (Fsp3) is 0.605. The summed E-state index contributed by atoms with van der Waals surface area (Å²) in [6.07, 6.45) is 13.5. The number of amides is 1. The molecule has 0 saturated carbocycles. The predicted octanol–water partition coefficient (Wildman–Crippen LogP) is 4.59. The molecule has 1 aromatic rings. The van der Waals surface area contributed by atoms with Gasteiger partial charge in [0.2, 0.25) is 11.6 Å². The molecule has 2 aliphatic heterocycles. The van der Waals surface area contributed by atoms with Crippen LogP contribution in [0.5, 0.6) is 0 Å². The first-order chi connectivity index (χ1) is 26.1. The highest BCUT2D eigenvalue weighted by molar-refractivity contribution is 7.86. The normalized spacial score (nSPS) is 21.3. The molecule has 56 heavy (non-hydrogen) atoms. The topological polar surface area (TPSA) is 214 Å². The summed E-state index contributed by atoms with van der Waals surface area (Å²) < 4.78 is 99.4. The van der Waals surface area contributed by atoms with Gasteiger partial charge < -0.3 is 10.2 Å². The van der Waals surface area contributed by atoms with E-state index in [2.05, 4.69) is 21.9 Å². The maximum atomic E-state index is 12.3. The minimum absolute atomic E-state index is 0.0284. The maximum Gasteiger partial charge on any atom is 0.264 e. The highest BCUT2D eigenvalue weighted by atomic mass is 32.2. The fourth-order valence-electron chi connectivity index (χ4n) is 7.29. The molecule has 15 nitrogen and oxygen atoms in total. The summed E-state index contributed by atoms with van der Waals surface area (Å²) in [6.45, 7) is 8.01. The highest BCUT2D eigenvalue weighted by Gasteiger charge is 2.47. The zero-order chi connectivity index (χ0) is 41.8. The first kappa shape index (κ1) is 47.1. The molecule has 0 aromatic heterocycles. The molecule has 4 N–H and O–H groups in total. The third kappa shape index (κ3) is 14.6. The standard InChI is InChI=1S/C38H59N5O10S3/c1-31-37(2,22-14-28-54(45,46)47)35(43(40-31)26-16-30-56(51,52)53)20-9-6-8-19-34-38(3,23-15-29-55(48,49)50)32-17-11-12-18-33(32)42(34)25-13-7-10-21-36(44)39-24-27-41(4)5/h6,8-9,11-12,17-20H,7,10,13-16,21-30H2,1-5H3,(H3-,39,44,45,46,47,48,49,50,51,52,53)/p+1. The molecule has 0 fully saturated rings. The van der Waals surface area contributed by atoms with Crippen molar-refractivity contribution in [2.75, 3.05) is 57.5 Å². The number of para-hydroxylation sites is 1. The van der Waals surface area contributed by atoms with Crippen LogP contribution in [0.15, 0.2) is 65.4 Å². The number of nitrogens with zero attached hydrogens (tertiary/aromatic N) is 4. The van der Waals surface area contributed by atoms with Gasteiger partial charge in [-0.05, 0) is 85.9 Å². The van der Waals surface area contributed by atoms with Crippen molar-refractivity contribution in [2.24, 2.45) is 10.5 Å². The Labute approximate surface area is 333 Å². The van der Waals surface area contributed by atoms with E-state index in [-0.39, 0.29) is 37.5 Å². The molecule has 2 unspecified atom stereocenters. The van der Waals surface area contributed by atoms with Crippen LogP contribution < -0.4 is 5.32 Å². The number of carbonyl (C=O) groups excluding carboxylic acids is 1. The van der Waals surface area contributed by atoms with Crippen molar-refractivity contribution in [1.29, 1.82) is 0 Å². The van der Waals surface area contributed by atoms with Crippen molar-refractivity contribution in [3.8, 4) is 0 Å². The first-order valence-electron chi connectivity index (χ1n) is 19.0. The monoisotopic (exact) mass is 842 g/mol. The number of nitrogens with one attached hydrogen (secondary N) is 1. The minimum Gasteiger partial charge on any atom is -0.355 e. The van der Waals surface area contributed by atoms with Crippen molar-refractivity contribution in [2.45, 2.75) is 84.0 Å². The summed E-state index contributed by atoms with van der Waals surface area (Å²) in [6, 6.07) is 7.99. The average Bonchev–Trinajstić information content (AvgIpc) is 3.44. The Hall–Kier alpha value is -3.26. The quantitative estimate of drug-likeness (QED) is 0.0487. The molecular formula is C38H60N5O10S3+. The average molecular weight is 843 g/mol. The van der Waals surface area contributed by atoms with Crippen molar-refractivity contribution in [3.05, 3.63) is 65.9 Å². The van der Waals surface area contributed by atoms with Gasteiger partial charge in [0.15, 0.2) is 5.71 Å². The Morgan fingerprint density at radius 1 is 0.839 bits per heavy atom. The smallest absolute Gasteiger partial charge is 0.264 e. The third-order valence-electron chi connectivity index (χ3n) is 10.4. The van der Waals surface area contributed by atoms with Gasteiger partial charge in [0.25, 0.3) is 30.4 Å². The molecule has 2 atom stereocenters. The Balaban J connectivity index is 1.91. The van der Waals surface area contributed by atoms with Crippen LogP contribution in [0.1, 0.15) is 84.1 Å². The lowest BCUT2D eigenvalue weighted by Gasteiger charge is -2.29. The number of fused-ring (bicyclic) bond motifs is 1. The number of rotatable bonds is 24. The molecule has 1 amide bonds. The summed E-state index contributed by atoms with van der Waals surface area (Å²) >= 11 is 0. The molecule has 3 rings (SSSR count). The van der Waals surface area contributed by atoms with Crippen molar-refractivity contribution >= 4 is 53.4 Å². The zero-order valence-electron chi connectivity index (χ0n) is 33.2. The van der Waals surface area contributed by atoms with Crippen LogP contribution in [0.2, 0.25) is 0 Å². The number of hydrogen-bond donors (Lipinski definition) is 4. The van der Waals surface area contributed by atoms with E-state index in [0.717, 1.165) is 42.8 Å². The van der Waals surface area contributed by atoms with Crippen LogP contribution in [0, 0.1) is 5.41 Å². The molecular weight excluding hydrogens is 783 g/mol. The number of hydrazone groups is 1. The number of unbranched alkanes of at least 4 members (excludes halogenated alkanes) is 2. The van der Waals surface area contributed by atoms with E-state index in [9.17, 15) is 43.7 Å². The Bertz CT molecular complexity index is 2030. The van der Waals surface area contributed by atoms with Crippen molar-refractivity contribution in [1.82, 2.24) is 15.2 Å². The van der Waals surface area contributed by atoms with Gasteiger partial charge in [-0.1, -0.05) is 36.4 Å². The van der Waals surface area contributed by atoms with E-state index in [1.54, 1.807) is 11.9 Å². The van der Waals surface area contributed by atoms with E-state index < -0.39 is 52.7 Å². The second kappa shape index (κ2) is 20.4. The number of benzene rings is 1. The van der Waals surface area contributed by atoms with Gasteiger partial charge in [-0.2, -0.15) is 34.9 Å². The van der Waals surface area contributed by atoms with E-state index in [1.807, 2.05) is 80.6 Å². The number of hydrogen-bond acceptors (Lipinski definition) is 10. The molecule has 314 valence electrons. The maximum absolute atomic E-state index is 12.3. The van der Waals surface area contributed by atoms with Gasteiger partial charge >= 0.3 is 0 Å². The lowest BCUT2D eigenvalue weighted by atomic mass is 9.76. The summed E-state index contributed by atoms with van der Waals surface area (Å²) in [7, 11) is -8.61. The van der Waals surface area contributed by atoms with Crippen LogP contribution in [0.25, 0.3) is 0 Å².